The van der Waals surface area contributed by atoms with Crippen LogP contribution in [0.15, 0.2) is 36.8 Å². The third-order valence-corrected chi connectivity index (χ3v) is 4.26. The number of pyridine rings is 1. The van der Waals surface area contributed by atoms with Gasteiger partial charge in [0.2, 0.25) is 5.95 Å². The van der Waals surface area contributed by atoms with Crippen molar-refractivity contribution in [3.05, 3.63) is 48.1 Å². The molecule has 0 amide bonds. The molecule has 0 radical (unpaired) electrons. The Bertz CT molecular complexity index is 692. The Morgan fingerprint density at radius 1 is 1.16 bits per heavy atom. The van der Waals surface area contributed by atoms with E-state index in [1.807, 2.05) is 18.6 Å². The molecule has 2 heterocycles. The van der Waals surface area contributed by atoms with Crippen molar-refractivity contribution in [2.45, 2.75) is 24.7 Å². The highest BCUT2D eigenvalue weighted by molar-refractivity contribution is 5.79. The number of aromatic nitrogens is 3. The van der Waals surface area contributed by atoms with Gasteiger partial charge < -0.3 is 5.73 Å². The van der Waals surface area contributed by atoms with E-state index in [1.54, 1.807) is 0 Å². The molecule has 1 unspecified atom stereocenters. The molecule has 4 heteroatoms. The molecule has 4 nitrogen and oxygen atoms in total. The smallest absolute Gasteiger partial charge is 0.220 e. The van der Waals surface area contributed by atoms with Crippen LogP contribution >= 0.6 is 0 Å². The molecule has 1 spiro atoms. The lowest BCUT2D eigenvalue weighted by Crippen LogP contribution is -2.27. The van der Waals surface area contributed by atoms with Gasteiger partial charge in [0.05, 0.1) is 5.69 Å². The summed E-state index contributed by atoms with van der Waals surface area (Å²) >= 11 is 0. The quantitative estimate of drug-likeness (QED) is 0.729. The molecule has 0 bridgehead atoms. The van der Waals surface area contributed by atoms with Crippen molar-refractivity contribution in [2.24, 2.45) is 0 Å². The maximum atomic E-state index is 5.80. The summed E-state index contributed by atoms with van der Waals surface area (Å²) < 4.78 is 0. The van der Waals surface area contributed by atoms with Crippen molar-refractivity contribution >= 4 is 5.95 Å². The van der Waals surface area contributed by atoms with E-state index in [-0.39, 0.29) is 5.41 Å². The van der Waals surface area contributed by atoms with E-state index in [4.69, 9.17) is 5.73 Å². The molecule has 0 saturated carbocycles. The number of nitrogens with two attached hydrogens (primary N) is 1. The van der Waals surface area contributed by atoms with Crippen LogP contribution in [0.2, 0.25) is 0 Å². The summed E-state index contributed by atoms with van der Waals surface area (Å²) in [5.41, 5.74) is 10.4. The minimum atomic E-state index is -0.0509. The van der Waals surface area contributed by atoms with E-state index in [2.05, 4.69) is 33.2 Å². The Morgan fingerprint density at radius 3 is 2.95 bits per heavy atom. The van der Waals surface area contributed by atoms with Crippen molar-refractivity contribution in [2.75, 3.05) is 5.73 Å². The van der Waals surface area contributed by atoms with Gasteiger partial charge in [0, 0.05) is 29.6 Å². The van der Waals surface area contributed by atoms with Gasteiger partial charge in [-0.1, -0.05) is 12.2 Å². The zero-order chi connectivity index (χ0) is 12.9. The lowest BCUT2D eigenvalue weighted by atomic mass is 9.72. The first-order valence-electron chi connectivity index (χ1n) is 6.54. The topological polar surface area (TPSA) is 64.7 Å². The molecule has 94 valence electrons. The van der Waals surface area contributed by atoms with Crippen molar-refractivity contribution < 1.29 is 0 Å². The van der Waals surface area contributed by atoms with Gasteiger partial charge in [-0.15, -0.1) is 0 Å². The van der Waals surface area contributed by atoms with E-state index >= 15 is 0 Å². The maximum Gasteiger partial charge on any atom is 0.220 e. The molecule has 2 aromatic heterocycles. The number of allylic oxidation sites excluding steroid dienone is 2. The number of hydrogen-bond donors (Lipinski definition) is 1. The van der Waals surface area contributed by atoms with E-state index < -0.39 is 0 Å². The molecular formula is C15H14N4. The van der Waals surface area contributed by atoms with Gasteiger partial charge in [0.1, 0.15) is 0 Å². The standard InChI is InChI=1S/C15H14N4/c16-14-18-8-11-10-4-7-17-9-12(10)15(13(11)19-14)5-2-1-3-6-15/h1-2,4,7-9H,3,5-6H2,(H2,16,18,19). The number of anilines is 1. The van der Waals surface area contributed by atoms with Crippen LogP contribution in [0.1, 0.15) is 30.5 Å². The highest BCUT2D eigenvalue weighted by atomic mass is 15.0. The average molecular weight is 250 g/mol. The second kappa shape index (κ2) is 3.63. The Labute approximate surface area is 111 Å². The Hall–Kier alpha value is -2.23. The summed E-state index contributed by atoms with van der Waals surface area (Å²) in [6, 6.07) is 2.06. The van der Waals surface area contributed by atoms with E-state index in [1.165, 1.54) is 11.1 Å². The molecule has 1 atom stereocenters. The number of fused-ring (bicyclic) bond motifs is 5. The number of nitrogen functional groups attached to an aromatic ring is 1. The summed E-state index contributed by atoms with van der Waals surface area (Å²) in [7, 11) is 0. The molecule has 2 aliphatic carbocycles. The molecule has 2 N–H and O–H groups in total. The first-order chi connectivity index (χ1) is 9.31. The van der Waals surface area contributed by atoms with Crippen molar-refractivity contribution in [3.63, 3.8) is 0 Å². The monoisotopic (exact) mass is 250 g/mol. The van der Waals surface area contributed by atoms with Crippen LogP contribution in [0.5, 0.6) is 0 Å². The van der Waals surface area contributed by atoms with Gasteiger partial charge in [-0.25, -0.2) is 9.97 Å². The van der Waals surface area contributed by atoms with Crippen LogP contribution in [0.25, 0.3) is 11.1 Å². The van der Waals surface area contributed by atoms with Crippen LogP contribution in [0.3, 0.4) is 0 Å². The normalized spacial score (nSPS) is 23.4. The van der Waals surface area contributed by atoms with E-state index in [0.29, 0.717) is 5.95 Å². The first kappa shape index (κ1) is 10.7. The molecule has 0 aliphatic heterocycles. The summed E-state index contributed by atoms with van der Waals surface area (Å²) in [6.45, 7) is 0. The van der Waals surface area contributed by atoms with Gasteiger partial charge in [0.25, 0.3) is 0 Å². The Kier molecular flexibility index (Phi) is 2.04. The summed E-state index contributed by atoms with van der Waals surface area (Å²) in [4.78, 5) is 13.0. The predicted octanol–water partition coefficient (Wildman–Crippen LogP) is 2.46. The fourth-order valence-corrected chi connectivity index (χ4v) is 3.39. The minimum Gasteiger partial charge on any atom is -0.368 e. The highest BCUT2D eigenvalue weighted by Crippen LogP contribution is 2.53. The van der Waals surface area contributed by atoms with Crippen molar-refractivity contribution in [3.8, 4) is 11.1 Å². The fourth-order valence-electron chi connectivity index (χ4n) is 3.39. The van der Waals surface area contributed by atoms with Crippen LogP contribution in [-0.2, 0) is 5.41 Å². The largest absolute Gasteiger partial charge is 0.368 e. The summed E-state index contributed by atoms with van der Waals surface area (Å²) in [5, 5.41) is 0. The van der Waals surface area contributed by atoms with Gasteiger partial charge in [-0.3, -0.25) is 4.98 Å². The van der Waals surface area contributed by atoms with Gasteiger partial charge in [-0.05, 0) is 36.5 Å². The number of hydrogen-bond acceptors (Lipinski definition) is 4. The molecule has 0 fully saturated rings. The second-order valence-corrected chi connectivity index (χ2v) is 5.21. The van der Waals surface area contributed by atoms with E-state index in [0.717, 1.165) is 30.5 Å². The molecule has 2 aromatic rings. The van der Waals surface area contributed by atoms with Crippen LogP contribution in [0.4, 0.5) is 5.95 Å². The number of nitrogens with zero attached hydrogens (tertiary/aromatic N) is 3. The van der Waals surface area contributed by atoms with Gasteiger partial charge >= 0.3 is 0 Å². The fraction of sp³-hybridized carbons (Fsp3) is 0.267. The Morgan fingerprint density at radius 2 is 2.11 bits per heavy atom. The predicted molar refractivity (Wildman–Crippen MR) is 73.4 cm³/mol. The Balaban J connectivity index is 2.06. The summed E-state index contributed by atoms with van der Waals surface area (Å²) in [6.07, 6.45) is 13.2. The zero-order valence-corrected chi connectivity index (χ0v) is 10.5. The van der Waals surface area contributed by atoms with Crippen LogP contribution in [0, 0.1) is 0 Å². The molecule has 2 aliphatic rings. The lowest BCUT2D eigenvalue weighted by molar-refractivity contribution is 0.463. The average Bonchev–Trinajstić information content (AvgIpc) is 2.71. The molecular weight excluding hydrogens is 236 g/mol. The molecule has 0 aromatic carbocycles. The zero-order valence-electron chi connectivity index (χ0n) is 10.5. The number of rotatable bonds is 0. The highest BCUT2D eigenvalue weighted by Gasteiger charge is 2.44. The SMILES string of the molecule is Nc1ncc2c(n1)C1(CC=CCC1)c1cnccc1-2. The lowest BCUT2D eigenvalue weighted by Gasteiger charge is -2.31. The third-order valence-electron chi connectivity index (χ3n) is 4.26. The first-order valence-corrected chi connectivity index (χ1v) is 6.54. The maximum absolute atomic E-state index is 5.80. The second-order valence-electron chi connectivity index (χ2n) is 5.21. The molecule has 19 heavy (non-hydrogen) atoms. The molecule has 0 saturated heterocycles. The third kappa shape index (κ3) is 1.31. The van der Waals surface area contributed by atoms with Crippen LogP contribution < -0.4 is 5.73 Å². The summed E-state index contributed by atoms with van der Waals surface area (Å²) in [5.74, 6) is 0.355. The van der Waals surface area contributed by atoms with E-state index in [9.17, 15) is 0 Å². The molecule has 4 rings (SSSR count). The minimum absolute atomic E-state index is 0.0509. The van der Waals surface area contributed by atoms with Crippen molar-refractivity contribution in [1.29, 1.82) is 0 Å². The van der Waals surface area contributed by atoms with Crippen molar-refractivity contribution in [1.82, 2.24) is 15.0 Å². The van der Waals surface area contributed by atoms with Gasteiger partial charge in [-0.2, -0.15) is 0 Å². The van der Waals surface area contributed by atoms with Crippen LogP contribution in [-0.4, -0.2) is 15.0 Å². The van der Waals surface area contributed by atoms with Gasteiger partial charge in [0.15, 0.2) is 0 Å².